The molecule has 0 radical (unpaired) electrons. The Morgan fingerprint density at radius 1 is 1.25 bits per heavy atom. The average molecular weight is 285 g/mol. The van der Waals surface area contributed by atoms with E-state index in [2.05, 4.69) is 10.1 Å². The molecule has 6 heteroatoms. The van der Waals surface area contributed by atoms with Crippen LogP contribution in [0.25, 0.3) is 0 Å². The van der Waals surface area contributed by atoms with Crippen LogP contribution in [0.2, 0.25) is 0 Å². The number of halogens is 3. The molecular formula is C14H14F3NO2. The second-order valence-electron chi connectivity index (χ2n) is 4.17. The molecule has 0 aliphatic heterocycles. The molecule has 1 aromatic carbocycles. The Morgan fingerprint density at radius 3 is 2.65 bits per heavy atom. The summed E-state index contributed by atoms with van der Waals surface area (Å²) in [6.07, 6.45) is -1.61. The van der Waals surface area contributed by atoms with Crippen LogP contribution in [0.3, 0.4) is 0 Å². The molecule has 0 fully saturated rings. The smallest absolute Gasteiger partial charge is 0.472 e. The zero-order valence-corrected chi connectivity index (χ0v) is 10.8. The van der Waals surface area contributed by atoms with Crippen molar-refractivity contribution in [1.82, 2.24) is 5.32 Å². The Morgan fingerprint density at radius 2 is 2.05 bits per heavy atom. The Balaban J connectivity index is 2.27. The van der Waals surface area contributed by atoms with E-state index in [4.69, 9.17) is 4.42 Å². The fourth-order valence-corrected chi connectivity index (χ4v) is 1.96. The van der Waals surface area contributed by atoms with Crippen LogP contribution in [0.15, 0.2) is 47.3 Å². The highest BCUT2D eigenvalue weighted by molar-refractivity contribution is 5.35. The zero-order valence-electron chi connectivity index (χ0n) is 10.8. The van der Waals surface area contributed by atoms with Gasteiger partial charge in [0.25, 0.3) is 0 Å². The summed E-state index contributed by atoms with van der Waals surface area (Å²) in [6, 6.07) is 7.44. The standard InChI is InChI=1S/C14H14F3NO2/c1-2-18-13(11-6-7-19-9-11)10-4-3-5-12(8-10)20-14(15,16)17/h3-9,13,18H,2H2,1H3. The van der Waals surface area contributed by atoms with Crippen LogP contribution < -0.4 is 10.1 Å². The van der Waals surface area contributed by atoms with Crippen LogP contribution >= 0.6 is 0 Å². The molecule has 1 aromatic heterocycles. The van der Waals surface area contributed by atoms with Gasteiger partial charge in [0, 0.05) is 5.56 Å². The van der Waals surface area contributed by atoms with Crippen molar-refractivity contribution in [1.29, 1.82) is 0 Å². The van der Waals surface area contributed by atoms with Gasteiger partial charge in [0.05, 0.1) is 18.6 Å². The molecule has 20 heavy (non-hydrogen) atoms. The molecule has 0 saturated carbocycles. The molecule has 0 aliphatic rings. The fourth-order valence-electron chi connectivity index (χ4n) is 1.96. The van der Waals surface area contributed by atoms with Gasteiger partial charge in [-0.05, 0) is 30.3 Å². The third-order valence-corrected chi connectivity index (χ3v) is 2.71. The summed E-state index contributed by atoms with van der Waals surface area (Å²) in [5, 5.41) is 3.19. The second kappa shape index (κ2) is 6.00. The zero-order chi connectivity index (χ0) is 14.6. The monoisotopic (exact) mass is 285 g/mol. The largest absolute Gasteiger partial charge is 0.573 e. The first-order valence-electron chi connectivity index (χ1n) is 6.11. The highest BCUT2D eigenvalue weighted by Crippen LogP contribution is 2.28. The van der Waals surface area contributed by atoms with E-state index >= 15 is 0 Å². The third kappa shape index (κ3) is 3.77. The lowest BCUT2D eigenvalue weighted by molar-refractivity contribution is -0.274. The topological polar surface area (TPSA) is 34.4 Å². The molecule has 3 nitrogen and oxygen atoms in total. The molecule has 1 N–H and O–H groups in total. The van der Waals surface area contributed by atoms with Crippen LogP contribution in [0, 0.1) is 0 Å². The van der Waals surface area contributed by atoms with Crippen LogP contribution in [-0.4, -0.2) is 12.9 Å². The van der Waals surface area contributed by atoms with Crippen molar-refractivity contribution < 1.29 is 22.3 Å². The number of hydrogen-bond donors (Lipinski definition) is 1. The van der Waals surface area contributed by atoms with Gasteiger partial charge >= 0.3 is 6.36 Å². The van der Waals surface area contributed by atoms with E-state index in [0.717, 1.165) is 5.56 Å². The van der Waals surface area contributed by atoms with Crippen LogP contribution in [0.1, 0.15) is 24.1 Å². The van der Waals surface area contributed by atoms with Gasteiger partial charge in [-0.1, -0.05) is 19.1 Å². The SMILES string of the molecule is CCNC(c1ccoc1)c1cccc(OC(F)(F)F)c1. The van der Waals surface area contributed by atoms with Gasteiger partial charge in [-0.15, -0.1) is 13.2 Å². The summed E-state index contributed by atoms with van der Waals surface area (Å²) in [6.45, 7) is 2.59. The van der Waals surface area contributed by atoms with Crippen LogP contribution in [0.5, 0.6) is 5.75 Å². The number of nitrogens with one attached hydrogen (secondary N) is 1. The molecule has 0 saturated heterocycles. The molecule has 0 aliphatic carbocycles. The highest BCUT2D eigenvalue weighted by Gasteiger charge is 2.31. The highest BCUT2D eigenvalue weighted by atomic mass is 19.4. The van der Waals surface area contributed by atoms with Crippen molar-refractivity contribution in [2.45, 2.75) is 19.3 Å². The predicted molar refractivity (Wildman–Crippen MR) is 67.4 cm³/mol. The van der Waals surface area contributed by atoms with Gasteiger partial charge < -0.3 is 14.5 Å². The Kier molecular flexibility index (Phi) is 4.34. The quantitative estimate of drug-likeness (QED) is 0.905. The predicted octanol–water partition coefficient (Wildman–Crippen LogP) is 3.88. The van der Waals surface area contributed by atoms with Crippen molar-refractivity contribution in [3.05, 3.63) is 54.0 Å². The first-order chi connectivity index (χ1) is 9.49. The molecule has 0 amide bonds. The number of furan rings is 1. The average Bonchev–Trinajstić information content (AvgIpc) is 2.87. The molecular weight excluding hydrogens is 271 g/mol. The first-order valence-corrected chi connectivity index (χ1v) is 6.11. The lowest BCUT2D eigenvalue weighted by Gasteiger charge is -2.18. The number of rotatable bonds is 5. The fraction of sp³-hybridized carbons (Fsp3) is 0.286. The maximum atomic E-state index is 12.2. The molecule has 1 unspecified atom stereocenters. The van der Waals surface area contributed by atoms with E-state index in [1.54, 1.807) is 18.4 Å². The van der Waals surface area contributed by atoms with Crippen molar-refractivity contribution in [3.63, 3.8) is 0 Å². The lowest BCUT2D eigenvalue weighted by Crippen LogP contribution is -2.22. The number of hydrogen-bond acceptors (Lipinski definition) is 3. The van der Waals surface area contributed by atoms with Gasteiger partial charge in [-0.25, -0.2) is 0 Å². The Bertz CT molecular complexity index is 538. The van der Waals surface area contributed by atoms with Crippen molar-refractivity contribution >= 4 is 0 Å². The second-order valence-corrected chi connectivity index (χ2v) is 4.17. The molecule has 1 atom stereocenters. The van der Waals surface area contributed by atoms with Gasteiger partial charge in [0.2, 0.25) is 0 Å². The van der Waals surface area contributed by atoms with Crippen LogP contribution in [-0.2, 0) is 0 Å². The maximum Gasteiger partial charge on any atom is 0.573 e. The first kappa shape index (κ1) is 14.5. The van der Waals surface area contributed by atoms with Crippen LogP contribution in [0.4, 0.5) is 13.2 Å². The minimum Gasteiger partial charge on any atom is -0.472 e. The minimum absolute atomic E-state index is 0.235. The number of ether oxygens (including phenoxy) is 1. The minimum atomic E-state index is -4.69. The van der Waals surface area contributed by atoms with E-state index in [1.165, 1.54) is 24.5 Å². The normalized spacial score (nSPS) is 13.2. The Labute approximate surface area is 114 Å². The Hall–Kier alpha value is -1.95. The number of alkyl halides is 3. The molecule has 2 rings (SSSR count). The van der Waals surface area contributed by atoms with Crippen molar-refractivity contribution in [2.24, 2.45) is 0 Å². The summed E-state index contributed by atoms with van der Waals surface area (Å²) in [7, 11) is 0. The molecule has 108 valence electrons. The van der Waals surface area contributed by atoms with Gasteiger partial charge in [-0.3, -0.25) is 0 Å². The van der Waals surface area contributed by atoms with Gasteiger partial charge in [0.15, 0.2) is 0 Å². The van der Waals surface area contributed by atoms with E-state index in [-0.39, 0.29) is 11.8 Å². The summed E-state index contributed by atoms with van der Waals surface area (Å²) >= 11 is 0. The van der Waals surface area contributed by atoms with E-state index in [0.29, 0.717) is 12.1 Å². The summed E-state index contributed by atoms with van der Waals surface area (Å²) < 4.78 is 45.7. The summed E-state index contributed by atoms with van der Waals surface area (Å²) in [5.74, 6) is -0.235. The number of benzene rings is 1. The molecule has 0 spiro atoms. The van der Waals surface area contributed by atoms with E-state index in [9.17, 15) is 13.2 Å². The summed E-state index contributed by atoms with van der Waals surface area (Å²) in [5.41, 5.74) is 1.52. The van der Waals surface area contributed by atoms with Crippen molar-refractivity contribution in [2.75, 3.05) is 6.54 Å². The van der Waals surface area contributed by atoms with Gasteiger partial charge in [0.1, 0.15) is 5.75 Å². The van der Waals surface area contributed by atoms with E-state index in [1.807, 2.05) is 6.92 Å². The van der Waals surface area contributed by atoms with E-state index < -0.39 is 6.36 Å². The van der Waals surface area contributed by atoms with Gasteiger partial charge in [-0.2, -0.15) is 0 Å². The third-order valence-electron chi connectivity index (χ3n) is 2.71. The maximum absolute atomic E-state index is 12.2. The lowest BCUT2D eigenvalue weighted by atomic mass is 10.0. The van der Waals surface area contributed by atoms with Crippen molar-refractivity contribution in [3.8, 4) is 5.75 Å². The molecule has 2 aromatic rings. The summed E-state index contributed by atoms with van der Waals surface area (Å²) in [4.78, 5) is 0. The molecule has 0 bridgehead atoms. The molecule has 1 heterocycles.